The second kappa shape index (κ2) is 17.4. The molecule has 4 aliphatic heterocycles. The van der Waals surface area contributed by atoms with Crippen molar-refractivity contribution in [1.29, 1.82) is 0 Å². The monoisotopic (exact) mass is 680 g/mol. The lowest BCUT2D eigenvalue weighted by molar-refractivity contribution is -0.160. The van der Waals surface area contributed by atoms with Gasteiger partial charge in [-0.3, -0.25) is 24.1 Å². The number of allylic oxidation sites excluding steroid dienone is 1. The van der Waals surface area contributed by atoms with E-state index in [0.29, 0.717) is 77.9 Å². The van der Waals surface area contributed by atoms with Crippen LogP contribution in [0.15, 0.2) is 55.6 Å². The number of fused-ring (bicyclic) bond motifs is 1. The lowest BCUT2D eigenvalue weighted by atomic mass is 9.70. The van der Waals surface area contributed by atoms with Gasteiger partial charge >= 0.3 is 5.97 Å². The van der Waals surface area contributed by atoms with E-state index in [1.807, 2.05) is 30.3 Å². The first-order chi connectivity index (χ1) is 23.8. The number of benzene rings is 1. The second-order valence-electron chi connectivity index (χ2n) is 13.4. The predicted molar refractivity (Wildman–Crippen MR) is 182 cm³/mol. The first kappa shape index (κ1) is 36.7. The third kappa shape index (κ3) is 8.25. The zero-order valence-electron chi connectivity index (χ0n) is 28.5. The number of nitrogens with one attached hydrogen (secondary N) is 1. The van der Waals surface area contributed by atoms with Gasteiger partial charge in [0, 0.05) is 52.3 Å². The van der Waals surface area contributed by atoms with E-state index in [1.165, 1.54) is 0 Å². The summed E-state index contributed by atoms with van der Waals surface area (Å²) in [6, 6.07) is 8.32. The molecule has 12 nitrogen and oxygen atoms in total. The van der Waals surface area contributed by atoms with E-state index < -0.39 is 41.7 Å². The Hall–Kier alpha value is -3.58. The third-order valence-electron chi connectivity index (χ3n) is 10.3. The normalized spacial score (nSPS) is 26.6. The molecular weight excluding hydrogens is 628 g/mol. The molecule has 268 valence electrons. The molecule has 1 aromatic rings. The molecule has 6 atom stereocenters. The van der Waals surface area contributed by atoms with E-state index in [1.54, 1.807) is 22.0 Å². The lowest BCUT2D eigenvalue weighted by Crippen LogP contribution is -2.57. The van der Waals surface area contributed by atoms with Gasteiger partial charge in [-0.1, -0.05) is 42.5 Å². The second-order valence-corrected chi connectivity index (χ2v) is 13.4. The van der Waals surface area contributed by atoms with E-state index >= 15 is 0 Å². The molecule has 49 heavy (non-hydrogen) atoms. The highest BCUT2D eigenvalue weighted by atomic mass is 16.6. The number of rotatable bonds is 19. The van der Waals surface area contributed by atoms with Crippen molar-refractivity contribution in [3.63, 3.8) is 0 Å². The zero-order chi connectivity index (χ0) is 34.8. The number of unbranched alkanes of at least 4 members (excludes halogenated alkanes) is 2. The van der Waals surface area contributed by atoms with Gasteiger partial charge < -0.3 is 34.4 Å². The van der Waals surface area contributed by atoms with E-state index in [9.17, 15) is 24.3 Å². The smallest absolute Gasteiger partial charge is 0.313 e. The molecule has 2 bridgehead atoms. The Morgan fingerprint density at radius 2 is 1.88 bits per heavy atom. The molecule has 0 unspecified atom stereocenters. The minimum Gasteiger partial charge on any atom is -0.455 e. The van der Waals surface area contributed by atoms with Crippen LogP contribution in [0.5, 0.6) is 0 Å². The molecule has 0 saturated carbocycles. The zero-order valence-corrected chi connectivity index (χ0v) is 28.5. The molecule has 4 aliphatic rings. The fourth-order valence-electron chi connectivity index (χ4n) is 7.86. The van der Waals surface area contributed by atoms with Crippen molar-refractivity contribution in [3.8, 4) is 0 Å². The molecule has 4 saturated heterocycles. The molecule has 12 heteroatoms. The number of ether oxygens (including phenoxy) is 3. The van der Waals surface area contributed by atoms with Gasteiger partial charge in [-0.2, -0.15) is 0 Å². The number of carbonyl (C=O) groups excluding carboxylic acids is 4. The van der Waals surface area contributed by atoms with Gasteiger partial charge in [0.2, 0.25) is 17.7 Å². The number of aliphatic hydroxyl groups excluding tert-OH is 1. The number of amides is 3. The summed E-state index contributed by atoms with van der Waals surface area (Å²) in [5, 5.41) is 12.2. The van der Waals surface area contributed by atoms with Crippen molar-refractivity contribution in [2.45, 2.75) is 68.8 Å². The maximum absolute atomic E-state index is 14.6. The van der Waals surface area contributed by atoms with Crippen molar-refractivity contribution < 1.29 is 38.5 Å². The fourth-order valence-corrected chi connectivity index (χ4v) is 7.86. The maximum Gasteiger partial charge on any atom is 0.313 e. The van der Waals surface area contributed by atoms with Crippen LogP contribution in [0, 0.1) is 11.8 Å². The van der Waals surface area contributed by atoms with Gasteiger partial charge in [0.05, 0.1) is 37.7 Å². The molecule has 0 aliphatic carbocycles. The summed E-state index contributed by atoms with van der Waals surface area (Å²) in [6.45, 7) is 12.3. The highest BCUT2D eigenvalue weighted by Crippen LogP contribution is 2.59. The Kier molecular flexibility index (Phi) is 13.0. The molecule has 4 fully saturated rings. The van der Waals surface area contributed by atoms with Crippen LogP contribution in [0.1, 0.15) is 56.6 Å². The van der Waals surface area contributed by atoms with Crippen LogP contribution in [0.2, 0.25) is 0 Å². The molecular formula is C37H52N4O8. The maximum atomic E-state index is 14.6. The SMILES string of the molecule is C=CCCC(=O)NC[C@H](OC(=O)[C@@H]1[C@@H]2CC[C@]3(O2)[C@H](C(=O)N(CC=C)CCN2CCOCC2)N(CCCCCO)C(=O)[C@@H]13)c1ccccc1. The van der Waals surface area contributed by atoms with E-state index in [0.717, 1.165) is 18.7 Å². The van der Waals surface area contributed by atoms with Crippen molar-refractivity contribution in [2.75, 3.05) is 65.6 Å². The van der Waals surface area contributed by atoms with E-state index in [2.05, 4.69) is 23.4 Å². The molecule has 3 amide bonds. The number of aliphatic hydroxyl groups is 1. The number of hydrogen-bond acceptors (Lipinski definition) is 9. The van der Waals surface area contributed by atoms with E-state index in [-0.39, 0.29) is 37.3 Å². The number of carbonyl (C=O) groups is 4. The number of nitrogens with zero attached hydrogens (tertiary/aromatic N) is 3. The minimum absolute atomic E-state index is 0.0491. The standard InChI is InChI=1S/C37H52N4O8/c1-3-5-14-30(43)38-26-29(27-12-8-6-9-13-27)48-36(46)31-28-15-16-37(49-28)32(31)34(44)41(18-10-7-11-23-42)33(37)35(45)40(17-4-2)20-19-39-21-24-47-25-22-39/h3-4,6,8-9,12-13,28-29,31-33,42H,1-2,5,7,10-11,14-26H2,(H,38,43)/t28-,29-,31+,32+,33-,37+/m0/s1. The lowest BCUT2D eigenvalue weighted by Gasteiger charge is -2.37. The van der Waals surface area contributed by atoms with Crippen molar-refractivity contribution in [2.24, 2.45) is 11.8 Å². The Morgan fingerprint density at radius 1 is 1.10 bits per heavy atom. The summed E-state index contributed by atoms with van der Waals surface area (Å²) in [7, 11) is 0. The summed E-state index contributed by atoms with van der Waals surface area (Å²) in [4.78, 5) is 61.3. The number of morpholine rings is 1. The van der Waals surface area contributed by atoms with Gasteiger partial charge in [-0.15, -0.1) is 13.2 Å². The van der Waals surface area contributed by atoms with E-state index in [4.69, 9.17) is 14.2 Å². The molecule has 1 spiro atoms. The Bertz CT molecular complexity index is 1320. The highest BCUT2D eigenvalue weighted by molar-refractivity contribution is 5.98. The summed E-state index contributed by atoms with van der Waals surface area (Å²) in [6.07, 6.45) is 5.73. The summed E-state index contributed by atoms with van der Waals surface area (Å²) < 4.78 is 18.3. The highest BCUT2D eigenvalue weighted by Gasteiger charge is 2.75. The average molecular weight is 681 g/mol. The number of likely N-dealkylation sites (tertiary alicyclic amines) is 1. The van der Waals surface area contributed by atoms with Gasteiger partial charge in [0.25, 0.3) is 0 Å². The van der Waals surface area contributed by atoms with Crippen LogP contribution >= 0.6 is 0 Å². The average Bonchev–Trinajstić information content (AvgIpc) is 3.77. The van der Waals surface area contributed by atoms with Crippen LogP contribution in [-0.4, -0.2) is 127 Å². The first-order valence-electron chi connectivity index (χ1n) is 17.8. The molecule has 0 aromatic heterocycles. The van der Waals surface area contributed by atoms with Crippen LogP contribution in [0.25, 0.3) is 0 Å². The van der Waals surface area contributed by atoms with Gasteiger partial charge in [0.1, 0.15) is 17.7 Å². The number of esters is 1. The minimum atomic E-state index is -1.15. The van der Waals surface area contributed by atoms with Crippen LogP contribution in [0.3, 0.4) is 0 Å². The Morgan fingerprint density at radius 3 is 2.59 bits per heavy atom. The topological polar surface area (TPSA) is 138 Å². The quantitative estimate of drug-likeness (QED) is 0.128. The fraction of sp³-hybridized carbons (Fsp3) is 0.622. The largest absolute Gasteiger partial charge is 0.455 e. The predicted octanol–water partition coefficient (Wildman–Crippen LogP) is 2.24. The summed E-state index contributed by atoms with van der Waals surface area (Å²) >= 11 is 0. The number of hydrogen-bond donors (Lipinski definition) is 2. The van der Waals surface area contributed by atoms with Gasteiger partial charge in [-0.05, 0) is 44.1 Å². The molecule has 4 heterocycles. The summed E-state index contributed by atoms with van der Waals surface area (Å²) in [5.41, 5.74) is -0.436. The van der Waals surface area contributed by atoms with Crippen LogP contribution in [-0.2, 0) is 33.4 Å². The Balaban J connectivity index is 1.38. The van der Waals surface area contributed by atoms with Gasteiger partial charge in [-0.25, -0.2) is 0 Å². The molecule has 0 radical (unpaired) electrons. The van der Waals surface area contributed by atoms with Crippen molar-refractivity contribution in [3.05, 3.63) is 61.2 Å². The van der Waals surface area contributed by atoms with Crippen LogP contribution < -0.4 is 5.32 Å². The van der Waals surface area contributed by atoms with Crippen LogP contribution in [0.4, 0.5) is 0 Å². The van der Waals surface area contributed by atoms with Crippen molar-refractivity contribution in [1.82, 2.24) is 20.0 Å². The van der Waals surface area contributed by atoms with Gasteiger partial charge in [0.15, 0.2) is 0 Å². The molecule has 5 rings (SSSR count). The molecule has 1 aromatic carbocycles. The molecule has 2 N–H and O–H groups in total. The third-order valence-corrected chi connectivity index (χ3v) is 10.3. The first-order valence-corrected chi connectivity index (χ1v) is 17.8. The summed E-state index contributed by atoms with van der Waals surface area (Å²) in [5.74, 6) is -2.97. The Labute approximate surface area is 289 Å². The van der Waals surface area contributed by atoms with Crippen molar-refractivity contribution >= 4 is 23.7 Å².